The number of hydrogen-bond acceptors (Lipinski definition) is 3. The van der Waals surface area contributed by atoms with Crippen LogP contribution in [0.5, 0.6) is 0 Å². The van der Waals surface area contributed by atoms with E-state index in [9.17, 15) is 18.0 Å². The van der Waals surface area contributed by atoms with Crippen LogP contribution >= 0.6 is 0 Å². The van der Waals surface area contributed by atoms with Gasteiger partial charge in [-0.2, -0.15) is 18.3 Å². The smallest absolute Gasteiger partial charge is 0.365 e. The Kier molecular flexibility index (Phi) is 6.26. The predicted octanol–water partition coefficient (Wildman–Crippen LogP) is 3.18. The molecular weight excluding hydrogens is 323 g/mol. The van der Waals surface area contributed by atoms with Crippen molar-refractivity contribution in [2.24, 2.45) is 7.05 Å². The van der Waals surface area contributed by atoms with Crippen molar-refractivity contribution in [2.75, 3.05) is 0 Å². The van der Waals surface area contributed by atoms with Crippen molar-refractivity contribution in [3.63, 3.8) is 0 Å². The summed E-state index contributed by atoms with van der Waals surface area (Å²) in [5, 5.41) is 6.08. The van der Waals surface area contributed by atoms with Crippen LogP contribution in [0.4, 0.5) is 13.2 Å². The summed E-state index contributed by atoms with van der Waals surface area (Å²) in [5.74, 6) is -0.294. The van der Waals surface area contributed by atoms with Crippen LogP contribution in [0.2, 0.25) is 0 Å². The highest BCUT2D eigenvalue weighted by molar-refractivity contribution is 5.80. The molecule has 0 aromatic carbocycles. The minimum Gasteiger partial charge on any atom is -0.365 e. The third kappa shape index (κ3) is 4.96. The van der Waals surface area contributed by atoms with Crippen molar-refractivity contribution in [1.82, 2.24) is 15.1 Å². The van der Waals surface area contributed by atoms with Crippen molar-refractivity contribution in [3.8, 4) is 0 Å². The number of ether oxygens (including phenoxy) is 1. The standard InChI is InChI=1S/C16H24F3N3O2/c1-3-13(24-12-7-5-4-6-8-12)15(23)20-10-11-9-14(16(17,18)19)21-22(11)2/h9,12-13H,3-8,10H2,1-2H3,(H,20,23). The number of alkyl halides is 3. The number of carbonyl (C=O) groups is 1. The van der Waals surface area contributed by atoms with Crippen molar-refractivity contribution < 1.29 is 22.7 Å². The van der Waals surface area contributed by atoms with Gasteiger partial charge in [-0.25, -0.2) is 0 Å². The molecule has 1 aliphatic rings. The van der Waals surface area contributed by atoms with Crippen molar-refractivity contribution in [1.29, 1.82) is 0 Å². The molecule has 1 aliphatic carbocycles. The molecule has 1 saturated carbocycles. The van der Waals surface area contributed by atoms with Crippen LogP contribution < -0.4 is 5.32 Å². The fraction of sp³-hybridized carbons (Fsp3) is 0.750. The number of aryl methyl sites for hydroxylation is 1. The Labute approximate surface area is 139 Å². The molecule has 1 atom stereocenters. The molecule has 1 heterocycles. The van der Waals surface area contributed by atoms with E-state index in [1.165, 1.54) is 13.5 Å². The van der Waals surface area contributed by atoms with Crippen LogP contribution in [-0.4, -0.2) is 27.9 Å². The Morgan fingerprint density at radius 3 is 2.62 bits per heavy atom. The molecule has 0 radical (unpaired) electrons. The fourth-order valence-corrected chi connectivity index (χ4v) is 2.88. The van der Waals surface area contributed by atoms with Gasteiger partial charge >= 0.3 is 6.18 Å². The minimum absolute atomic E-state index is 0.0110. The van der Waals surface area contributed by atoms with E-state index in [0.29, 0.717) is 12.1 Å². The molecule has 1 fully saturated rings. The van der Waals surface area contributed by atoms with Gasteiger partial charge in [-0.05, 0) is 25.3 Å². The van der Waals surface area contributed by atoms with Crippen LogP contribution in [0.25, 0.3) is 0 Å². The Hall–Kier alpha value is -1.57. The average molecular weight is 347 g/mol. The molecule has 1 amide bonds. The molecule has 0 saturated heterocycles. The normalized spacial score (nSPS) is 17.7. The molecule has 1 unspecified atom stereocenters. The lowest BCUT2D eigenvalue weighted by atomic mass is 9.97. The third-order valence-electron chi connectivity index (χ3n) is 4.28. The summed E-state index contributed by atoms with van der Waals surface area (Å²) in [5.41, 5.74) is -0.664. The molecule has 8 heteroatoms. The summed E-state index contributed by atoms with van der Waals surface area (Å²) in [4.78, 5) is 12.2. The van der Waals surface area contributed by atoms with Gasteiger partial charge in [-0.1, -0.05) is 26.2 Å². The Morgan fingerprint density at radius 1 is 1.42 bits per heavy atom. The summed E-state index contributed by atoms with van der Waals surface area (Å²) < 4.78 is 44.9. The Balaban J connectivity index is 1.90. The SMILES string of the molecule is CCC(OC1CCCCC1)C(=O)NCc1cc(C(F)(F)F)nn1C. The lowest BCUT2D eigenvalue weighted by molar-refractivity contribution is -0.141. The summed E-state index contributed by atoms with van der Waals surface area (Å²) in [6.45, 7) is 1.85. The summed E-state index contributed by atoms with van der Waals surface area (Å²) in [7, 11) is 1.42. The number of halogens is 3. The van der Waals surface area contributed by atoms with Gasteiger partial charge in [0.1, 0.15) is 6.10 Å². The number of hydrogen-bond donors (Lipinski definition) is 1. The number of amides is 1. The molecule has 0 bridgehead atoms. The summed E-state index contributed by atoms with van der Waals surface area (Å²) >= 11 is 0. The zero-order chi connectivity index (χ0) is 17.7. The van der Waals surface area contributed by atoms with E-state index in [1.54, 1.807) is 0 Å². The molecule has 5 nitrogen and oxygen atoms in total. The largest absolute Gasteiger partial charge is 0.435 e. The van der Waals surface area contributed by atoms with E-state index in [0.717, 1.165) is 36.4 Å². The number of nitrogens with zero attached hydrogens (tertiary/aromatic N) is 2. The number of rotatable bonds is 6. The molecule has 0 aliphatic heterocycles. The Morgan fingerprint density at radius 2 is 2.08 bits per heavy atom. The summed E-state index contributed by atoms with van der Waals surface area (Å²) in [6.07, 6.45) is 0.908. The fourth-order valence-electron chi connectivity index (χ4n) is 2.88. The maximum Gasteiger partial charge on any atom is 0.435 e. The maximum atomic E-state index is 12.6. The van der Waals surface area contributed by atoms with E-state index in [4.69, 9.17) is 4.74 Å². The lowest BCUT2D eigenvalue weighted by Crippen LogP contribution is -2.38. The van der Waals surface area contributed by atoms with Crippen LogP contribution in [-0.2, 0) is 29.3 Å². The molecule has 136 valence electrons. The van der Waals surface area contributed by atoms with E-state index < -0.39 is 18.0 Å². The van der Waals surface area contributed by atoms with Gasteiger partial charge in [0.25, 0.3) is 0 Å². The van der Waals surface area contributed by atoms with Crippen LogP contribution in [0, 0.1) is 0 Å². The zero-order valence-corrected chi connectivity index (χ0v) is 14.0. The Bertz CT molecular complexity index is 551. The molecule has 1 N–H and O–H groups in total. The molecule has 1 aromatic rings. The van der Waals surface area contributed by atoms with Crippen LogP contribution in [0.15, 0.2) is 6.07 Å². The summed E-state index contributed by atoms with van der Waals surface area (Å²) in [6, 6.07) is 0.948. The highest BCUT2D eigenvalue weighted by Gasteiger charge is 2.34. The predicted molar refractivity (Wildman–Crippen MR) is 82.1 cm³/mol. The van der Waals surface area contributed by atoms with Crippen LogP contribution in [0.1, 0.15) is 56.8 Å². The van der Waals surface area contributed by atoms with Crippen molar-refractivity contribution in [2.45, 2.75) is 70.4 Å². The molecule has 2 rings (SSSR count). The molecule has 1 aromatic heterocycles. The van der Waals surface area contributed by atoms with Gasteiger partial charge in [0.05, 0.1) is 18.3 Å². The second-order valence-corrected chi connectivity index (χ2v) is 6.15. The first-order valence-corrected chi connectivity index (χ1v) is 8.34. The first kappa shape index (κ1) is 18.8. The topological polar surface area (TPSA) is 56.1 Å². The van der Waals surface area contributed by atoms with E-state index in [-0.39, 0.29) is 18.6 Å². The third-order valence-corrected chi connectivity index (χ3v) is 4.28. The van der Waals surface area contributed by atoms with Gasteiger partial charge in [0.15, 0.2) is 5.69 Å². The molecule has 24 heavy (non-hydrogen) atoms. The highest BCUT2D eigenvalue weighted by atomic mass is 19.4. The van der Waals surface area contributed by atoms with Gasteiger partial charge in [0, 0.05) is 7.05 Å². The second-order valence-electron chi connectivity index (χ2n) is 6.15. The quantitative estimate of drug-likeness (QED) is 0.860. The maximum absolute atomic E-state index is 12.6. The van der Waals surface area contributed by atoms with Gasteiger partial charge in [-0.3, -0.25) is 9.48 Å². The van der Waals surface area contributed by atoms with E-state index in [2.05, 4.69) is 10.4 Å². The highest BCUT2D eigenvalue weighted by Crippen LogP contribution is 2.28. The van der Waals surface area contributed by atoms with Crippen molar-refractivity contribution >= 4 is 5.91 Å². The molecular formula is C16H24F3N3O2. The number of aromatic nitrogens is 2. The number of nitrogens with one attached hydrogen (secondary N) is 1. The first-order valence-electron chi connectivity index (χ1n) is 8.34. The minimum atomic E-state index is -4.49. The number of carbonyl (C=O) groups excluding carboxylic acids is 1. The monoisotopic (exact) mass is 347 g/mol. The lowest BCUT2D eigenvalue weighted by Gasteiger charge is -2.26. The molecule has 0 spiro atoms. The van der Waals surface area contributed by atoms with Gasteiger partial charge < -0.3 is 10.1 Å². The van der Waals surface area contributed by atoms with E-state index in [1.807, 2.05) is 6.92 Å². The zero-order valence-electron chi connectivity index (χ0n) is 14.0. The first-order chi connectivity index (χ1) is 11.3. The average Bonchev–Trinajstić information content (AvgIpc) is 2.92. The van der Waals surface area contributed by atoms with Gasteiger partial charge in [-0.15, -0.1) is 0 Å². The second kappa shape index (κ2) is 8.00. The van der Waals surface area contributed by atoms with E-state index >= 15 is 0 Å². The van der Waals surface area contributed by atoms with Gasteiger partial charge in [0.2, 0.25) is 5.91 Å². The van der Waals surface area contributed by atoms with Crippen LogP contribution in [0.3, 0.4) is 0 Å². The van der Waals surface area contributed by atoms with Crippen molar-refractivity contribution in [3.05, 3.63) is 17.5 Å².